The average molecular weight is 213 g/mol. The summed E-state index contributed by atoms with van der Waals surface area (Å²) in [7, 11) is 1.62. The van der Waals surface area contributed by atoms with Gasteiger partial charge in [0, 0.05) is 11.4 Å². The van der Waals surface area contributed by atoms with E-state index in [1.807, 2.05) is 12.1 Å². The Labute approximate surface area is 88.5 Å². The molecule has 14 heavy (non-hydrogen) atoms. The highest BCUT2D eigenvalue weighted by Gasteiger charge is 2.40. The Balaban J connectivity index is 2.23. The van der Waals surface area contributed by atoms with Crippen LogP contribution in [0, 0.1) is 0 Å². The van der Waals surface area contributed by atoms with Crippen molar-refractivity contribution in [3.8, 4) is 5.75 Å². The molecule has 0 heterocycles. The minimum Gasteiger partial charge on any atom is -0.496 e. The van der Waals surface area contributed by atoms with Crippen molar-refractivity contribution in [3.63, 3.8) is 0 Å². The molecule has 0 unspecified atom stereocenters. The van der Waals surface area contributed by atoms with Crippen LogP contribution >= 0.6 is 11.6 Å². The number of rotatable bonds is 3. The van der Waals surface area contributed by atoms with Gasteiger partial charge in [-0.25, -0.2) is 0 Å². The summed E-state index contributed by atoms with van der Waals surface area (Å²) < 4.78 is 5.20. The van der Waals surface area contributed by atoms with E-state index in [4.69, 9.17) is 16.3 Å². The first-order valence-electron chi connectivity index (χ1n) is 4.68. The molecule has 3 heteroatoms. The number of aliphatic hydroxyl groups is 1. The molecular weight excluding hydrogens is 200 g/mol. The van der Waals surface area contributed by atoms with Gasteiger partial charge in [0.1, 0.15) is 5.75 Å². The molecule has 0 aliphatic heterocycles. The number of halogens is 1. The molecule has 0 bridgehead atoms. The van der Waals surface area contributed by atoms with Gasteiger partial charge >= 0.3 is 0 Å². The fourth-order valence-electron chi connectivity index (χ4n) is 1.54. The van der Waals surface area contributed by atoms with Gasteiger partial charge in [0.15, 0.2) is 0 Å². The summed E-state index contributed by atoms with van der Waals surface area (Å²) in [6, 6.07) is 5.52. The monoisotopic (exact) mass is 212 g/mol. The molecule has 1 fully saturated rings. The van der Waals surface area contributed by atoms with Crippen molar-refractivity contribution in [1.82, 2.24) is 0 Å². The summed E-state index contributed by atoms with van der Waals surface area (Å²) in [6.07, 6.45) is 2.44. The number of methoxy groups -OCH3 is 1. The molecule has 0 spiro atoms. The van der Waals surface area contributed by atoms with E-state index in [0.29, 0.717) is 11.4 Å². The molecule has 1 aliphatic rings. The van der Waals surface area contributed by atoms with Crippen LogP contribution in [0.25, 0.3) is 0 Å². The van der Waals surface area contributed by atoms with Gasteiger partial charge in [0.25, 0.3) is 0 Å². The standard InChI is InChI=1S/C11H13ClO2/c1-14-10-6-9(12)3-2-8(10)7-11(13)4-5-11/h2-3,6,13H,4-5,7H2,1H3. The molecule has 0 aromatic heterocycles. The van der Waals surface area contributed by atoms with Gasteiger partial charge < -0.3 is 9.84 Å². The minimum absolute atomic E-state index is 0.485. The van der Waals surface area contributed by atoms with Gasteiger partial charge in [-0.1, -0.05) is 17.7 Å². The first kappa shape index (κ1) is 9.81. The minimum atomic E-state index is -0.485. The second-order valence-corrected chi connectivity index (χ2v) is 4.29. The highest BCUT2D eigenvalue weighted by Crippen LogP contribution is 2.40. The molecule has 1 N–H and O–H groups in total. The molecule has 1 saturated carbocycles. The van der Waals surface area contributed by atoms with Gasteiger partial charge in [-0.3, -0.25) is 0 Å². The van der Waals surface area contributed by atoms with Crippen LogP contribution in [0.3, 0.4) is 0 Å². The Morgan fingerprint density at radius 3 is 2.79 bits per heavy atom. The van der Waals surface area contributed by atoms with Crippen molar-refractivity contribution >= 4 is 11.6 Å². The maximum atomic E-state index is 9.78. The maximum absolute atomic E-state index is 9.78. The molecular formula is C11H13ClO2. The lowest BCUT2D eigenvalue weighted by Gasteiger charge is -2.11. The molecule has 1 aromatic rings. The molecule has 0 atom stereocenters. The van der Waals surface area contributed by atoms with E-state index in [2.05, 4.69) is 0 Å². The number of hydrogen-bond acceptors (Lipinski definition) is 2. The molecule has 2 nitrogen and oxygen atoms in total. The van der Waals surface area contributed by atoms with Crippen molar-refractivity contribution < 1.29 is 9.84 Å². The lowest BCUT2D eigenvalue weighted by molar-refractivity contribution is 0.150. The van der Waals surface area contributed by atoms with E-state index in [-0.39, 0.29) is 0 Å². The molecule has 1 aliphatic carbocycles. The Morgan fingerprint density at radius 1 is 1.50 bits per heavy atom. The van der Waals surface area contributed by atoms with E-state index in [0.717, 1.165) is 24.2 Å². The summed E-state index contributed by atoms with van der Waals surface area (Å²) in [5, 5.41) is 10.4. The third-order valence-electron chi connectivity index (χ3n) is 2.60. The maximum Gasteiger partial charge on any atom is 0.123 e. The largest absolute Gasteiger partial charge is 0.496 e. The van der Waals surface area contributed by atoms with Crippen LogP contribution in [-0.2, 0) is 6.42 Å². The van der Waals surface area contributed by atoms with Crippen molar-refractivity contribution in [2.24, 2.45) is 0 Å². The molecule has 76 valence electrons. The van der Waals surface area contributed by atoms with Crippen molar-refractivity contribution in [2.45, 2.75) is 24.9 Å². The van der Waals surface area contributed by atoms with E-state index < -0.39 is 5.60 Å². The highest BCUT2D eigenvalue weighted by molar-refractivity contribution is 6.30. The van der Waals surface area contributed by atoms with Crippen molar-refractivity contribution in [3.05, 3.63) is 28.8 Å². The smallest absolute Gasteiger partial charge is 0.123 e. The second kappa shape index (κ2) is 3.44. The van der Waals surface area contributed by atoms with E-state index in [1.165, 1.54) is 0 Å². The van der Waals surface area contributed by atoms with Crippen LogP contribution in [0.5, 0.6) is 5.75 Å². The summed E-state index contributed by atoms with van der Waals surface area (Å²) in [6.45, 7) is 0. The topological polar surface area (TPSA) is 29.5 Å². The van der Waals surface area contributed by atoms with Gasteiger partial charge in [0.05, 0.1) is 12.7 Å². The van der Waals surface area contributed by atoms with E-state index in [9.17, 15) is 5.11 Å². The number of hydrogen-bond donors (Lipinski definition) is 1. The lowest BCUT2D eigenvalue weighted by Crippen LogP contribution is -2.11. The van der Waals surface area contributed by atoms with Crippen LogP contribution < -0.4 is 4.74 Å². The summed E-state index contributed by atoms with van der Waals surface area (Å²) >= 11 is 5.84. The fraction of sp³-hybridized carbons (Fsp3) is 0.455. The molecule has 0 saturated heterocycles. The quantitative estimate of drug-likeness (QED) is 0.834. The average Bonchev–Trinajstić information content (AvgIpc) is 2.87. The normalized spacial score (nSPS) is 17.9. The Bertz CT molecular complexity index is 345. The first-order chi connectivity index (χ1) is 6.63. The van der Waals surface area contributed by atoms with Crippen LogP contribution in [-0.4, -0.2) is 17.8 Å². The fourth-order valence-corrected chi connectivity index (χ4v) is 1.70. The van der Waals surface area contributed by atoms with Gasteiger partial charge in [-0.05, 0) is 30.5 Å². The van der Waals surface area contributed by atoms with Crippen LogP contribution in [0.4, 0.5) is 0 Å². The van der Waals surface area contributed by atoms with Gasteiger partial charge in [-0.2, -0.15) is 0 Å². The summed E-state index contributed by atoms with van der Waals surface area (Å²) in [4.78, 5) is 0. The van der Waals surface area contributed by atoms with Crippen LogP contribution in [0.1, 0.15) is 18.4 Å². The third-order valence-corrected chi connectivity index (χ3v) is 2.83. The zero-order valence-corrected chi connectivity index (χ0v) is 8.84. The lowest BCUT2D eigenvalue weighted by atomic mass is 10.1. The second-order valence-electron chi connectivity index (χ2n) is 3.86. The predicted molar refractivity (Wildman–Crippen MR) is 55.9 cm³/mol. The molecule has 1 aromatic carbocycles. The third kappa shape index (κ3) is 2.02. The first-order valence-corrected chi connectivity index (χ1v) is 5.06. The molecule has 0 radical (unpaired) electrons. The number of benzene rings is 1. The van der Waals surface area contributed by atoms with Crippen molar-refractivity contribution in [1.29, 1.82) is 0 Å². The van der Waals surface area contributed by atoms with Crippen LogP contribution in [0.2, 0.25) is 5.02 Å². The summed E-state index contributed by atoms with van der Waals surface area (Å²) in [5.74, 6) is 0.762. The van der Waals surface area contributed by atoms with E-state index in [1.54, 1.807) is 13.2 Å². The molecule has 0 amide bonds. The van der Waals surface area contributed by atoms with Crippen LogP contribution in [0.15, 0.2) is 18.2 Å². The SMILES string of the molecule is COc1cc(Cl)ccc1CC1(O)CC1. The van der Waals surface area contributed by atoms with E-state index >= 15 is 0 Å². The number of ether oxygens (including phenoxy) is 1. The highest BCUT2D eigenvalue weighted by atomic mass is 35.5. The summed E-state index contributed by atoms with van der Waals surface area (Å²) in [5.41, 5.74) is 0.540. The predicted octanol–water partition coefficient (Wildman–Crippen LogP) is 2.42. The molecule has 2 rings (SSSR count). The Kier molecular flexibility index (Phi) is 2.41. The zero-order valence-electron chi connectivity index (χ0n) is 8.09. The Hall–Kier alpha value is -0.730. The van der Waals surface area contributed by atoms with Gasteiger partial charge in [0.2, 0.25) is 0 Å². The van der Waals surface area contributed by atoms with Crippen molar-refractivity contribution in [2.75, 3.05) is 7.11 Å². The Morgan fingerprint density at radius 2 is 2.21 bits per heavy atom. The van der Waals surface area contributed by atoms with Gasteiger partial charge in [-0.15, -0.1) is 0 Å². The zero-order chi connectivity index (χ0) is 10.2.